The zero-order valence-corrected chi connectivity index (χ0v) is 16.0. The maximum absolute atomic E-state index is 11.3. The first-order chi connectivity index (χ1) is 11.4. The topological polar surface area (TPSA) is 89.6 Å². The van der Waals surface area contributed by atoms with Crippen LogP contribution in [0.5, 0.6) is 0 Å². The van der Waals surface area contributed by atoms with Crippen molar-refractivity contribution < 1.29 is 19.4 Å². The van der Waals surface area contributed by atoms with Crippen LogP contribution in [-0.2, 0) is 14.3 Å². The highest BCUT2D eigenvalue weighted by Crippen LogP contribution is 2.12. The second kappa shape index (κ2) is 19.9. The molecule has 5 heteroatoms. The molecule has 0 aliphatic carbocycles. The SMILES string of the molecule is CCCCCCCCCCCCCC(=O)OC(C)C.NCC(=O)O. The molecule has 0 amide bonds. The molecule has 24 heavy (non-hydrogen) atoms. The van der Waals surface area contributed by atoms with Gasteiger partial charge in [-0.05, 0) is 20.3 Å². The molecule has 3 N–H and O–H groups in total. The number of carboxylic acids is 1. The van der Waals surface area contributed by atoms with Crippen molar-refractivity contribution in [2.75, 3.05) is 6.54 Å². The summed E-state index contributed by atoms with van der Waals surface area (Å²) in [6, 6.07) is 0. The maximum Gasteiger partial charge on any atom is 0.317 e. The highest BCUT2D eigenvalue weighted by Gasteiger charge is 2.04. The zero-order chi connectivity index (χ0) is 18.6. The van der Waals surface area contributed by atoms with E-state index in [1.807, 2.05) is 13.8 Å². The van der Waals surface area contributed by atoms with Gasteiger partial charge in [-0.15, -0.1) is 0 Å². The van der Waals surface area contributed by atoms with Crippen molar-refractivity contribution in [2.45, 2.75) is 104 Å². The second-order valence-corrected chi connectivity index (χ2v) is 6.42. The first-order valence-electron chi connectivity index (χ1n) is 9.55. The molecule has 0 saturated carbocycles. The Labute approximate surface area is 148 Å². The Kier molecular flexibility index (Phi) is 20.9. The summed E-state index contributed by atoms with van der Waals surface area (Å²) in [7, 11) is 0. The van der Waals surface area contributed by atoms with Crippen LogP contribution in [0.15, 0.2) is 0 Å². The highest BCUT2D eigenvalue weighted by molar-refractivity contribution is 5.69. The normalized spacial score (nSPS) is 10.2. The fraction of sp³-hybridized carbons (Fsp3) is 0.895. The molecule has 0 bridgehead atoms. The number of carboxylic acid groups (broad SMARTS) is 1. The van der Waals surface area contributed by atoms with E-state index >= 15 is 0 Å². The van der Waals surface area contributed by atoms with Gasteiger partial charge in [0.15, 0.2) is 0 Å². The molecule has 5 nitrogen and oxygen atoms in total. The lowest BCUT2D eigenvalue weighted by Gasteiger charge is -2.07. The van der Waals surface area contributed by atoms with Crippen LogP contribution in [0.25, 0.3) is 0 Å². The molecule has 0 aliphatic heterocycles. The smallest absolute Gasteiger partial charge is 0.317 e. The lowest BCUT2D eigenvalue weighted by molar-refractivity contribution is -0.147. The third-order valence-electron chi connectivity index (χ3n) is 3.53. The van der Waals surface area contributed by atoms with Gasteiger partial charge in [0.25, 0.3) is 0 Å². The van der Waals surface area contributed by atoms with Crippen LogP contribution < -0.4 is 5.73 Å². The van der Waals surface area contributed by atoms with Gasteiger partial charge >= 0.3 is 11.9 Å². The van der Waals surface area contributed by atoms with E-state index in [1.54, 1.807) is 0 Å². The van der Waals surface area contributed by atoms with Crippen LogP contribution in [0.3, 0.4) is 0 Å². The van der Waals surface area contributed by atoms with Crippen LogP contribution in [0.2, 0.25) is 0 Å². The minimum Gasteiger partial charge on any atom is -0.480 e. The Morgan fingerprint density at radius 2 is 1.25 bits per heavy atom. The van der Waals surface area contributed by atoms with Gasteiger partial charge in [0, 0.05) is 6.42 Å². The van der Waals surface area contributed by atoms with E-state index < -0.39 is 5.97 Å². The van der Waals surface area contributed by atoms with E-state index in [0.717, 1.165) is 6.42 Å². The number of carbonyl (C=O) groups is 2. The van der Waals surface area contributed by atoms with Gasteiger partial charge in [-0.25, -0.2) is 0 Å². The van der Waals surface area contributed by atoms with Crippen LogP contribution in [0.4, 0.5) is 0 Å². The van der Waals surface area contributed by atoms with Gasteiger partial charge in [0.1, 0.15) is 0 Å². The molecule has 0 rings (SSSR count). The highest BCUT2D eigenvalue weighted by atomic mass is 16.5. The lowest BCUT2D eigenvalue weighted by atomic mass is 10.1. The van der Waals surface area contributed by atoms with Crippen molar-refractivity contribution in [2.24, 2.45) is 5.73 Å². The Morgan fingerprint density at radius 3 is 1.58 bits per heavy atom. The second-order valence-electron chi connectivity index (χ2n) is 6.42. The van der Waals surface area contributed by atoms with Crippen LogP contribution >= 0.6 is 0 Å². The summed E-state index contributed by atoms with van der Waals surface area (Å²) in [5.41, 5.74) is 4.57. The zero-order valence-electron chi connectivity index (χ0n) is 16.0. The minimum absolute atomic E-state index is 0.0280. The summed E-state index contributed by atoms with van der Waals surface area (Å²) in [4.78, 5) is 20.5. The van der Waals surface area contributed by atoms with E-state index in [0.29, 0.717) is 6.42 Å². The number of hydrogen-bond donors (Lipinski definition) is 2. The monoisotopic (exact) mass is 345 g/mol. The summed E-state index contributed by atoms with van der Waals surface area (Å²) in [5, 5.41) is 7.60. The summed E-state index contributed by atoms with van der Waals surface area (Å²) in [6.45, 7) is 5.79. The van der Waals surface area contributed by atoms with E-state index in [4.69, 9.17) is 9.84 Å². The fourth-order valence-corrected chi connectivity index (χ4v) is 2.26. The third kappa shape index (κ3) is 25.8. The maximum atomic E-state index is 11.3. The predicted molar refractivity (Wildman–Crippen MR) is 99.0 cm³/mol. The quantitative estimate of drug-likeness (QED) is 0.353. The van der Waals surface area contributed by atoms with Crippen LogP contribution in [0.1, 0.15) is 97.8 Å². The number of rotatable bonds is 14. The standard InChI is InChI=1S/C17H34O2.C2H5NO2/c1-4-5-6-7-8-9-10-11-12-13-14-15-17(18)19-16(2)3;3-1-2(4)5/h16H,4-15H2,1-3H3;1,3H2,(H,4,5). The van der Waals surface area contributed by atoms with E-state index in [9.17, 15) is 9.59 Å². The lowest BCUT2D eigenvalue weighted by Crippen LogP contribution is -2.10. The summed E-state index contributed by atoms with van der Waals surface area (Å²) >= 11 is 0. The number of hydrogen-bond acceptors (Lipinski definition) is 4. The van der Waals surface area contributed by atoms with Gasteiger partial charge in [0.05, 0.1) is 12.6 Å². The summed E-state index contributed by atoms with van der Waals surface area (Å²) < 4.78 is 5.10. The first-order valence-corrected chi connectivity index (χ1v) is 9.55. The Balaban J connectivity index is 0. The molecule has 0 aliphatic rings. The molecule has 144 valence electrons. The average molecular weight is 346 g/mol. The number of esters is 1. The van der Waals surface area contributed by atoms with Gasteiger partial charge < -0.3 is 15.6 Å². The number of carbonyl (C=O) groups excluding carboxylic acids is 1. The fourth-order valence-electron chi connectivity index (χ4n) is 2.26. The molecular weight excluding hydrogens is 306 g/mol. The molecule has 0 heterocycles. The minimum atomic E-state index is -0.968. The predicted octanol–water partition coefficient (Wildman–Crippen LogP) is 4.67. The van der Waals surface area contributed by atoms with E-state index in [1.165, 1.54) is 64.2 Å². The summed E-state index contributed by atoms with van der Waals surface area (Å²) in [5.74, 6) is -1.00. The van der Waals surface area contributed by atoms with Gasteiger partial charge in [0.2, 0.25) is 0 Å². The Morgan fingerprint density at radius 1 is 0.875 bits per heavy atom. The Bertz CT molecular complexity index is 293. The number of nitrogens with two attached hydrogens (primary N) is 1. The van der Waals surface area contributed by atoms with Crippen molar-refractivity contribution in [1.82, 2.24) is 0 Å². The molecule has 0 fully saturated rings. The number of aliphatic carboxylic acids is 1. The van der Waals surface area contributed by atoms with Crippen LogP contribution in [0, 0.1) is 0 Å². The molecule has 0 radical (unpaired) electrons. The number of ether oxygens (including phenoxy) is 1. The van der Waals surface area contributed by atoms with Crippen molar-refractivity contribution >= 4 is 11.9 Å². The van der Waals surface area contributed by atoms with Gasteiger partial charge in [-0.3, -0.25) is 9.59 Å². The van der Waals surface area contributed by atoms with Crippen molar-refractivity contribution in [3.05, 3.63) is 0 Å². The number of unbranched alkanes of at least 4 members (excludes halogenated alkanes) is 10. The summed E-state index contributed by atoms with van der Waals surface area (Å²) in [6.07, 6.45) is 15.1. The molecule has 0 aromatic heterocycles. The molecule has 0 aromatic rings. The van der Waals surface area contributed by atoms with Crippen molar-refractivity contribution in [3.8, 4) is 0 Å². The van der Waals surface area contributed by atoms with Crippen molar-refractivity contribution in [3.63, 3.8) is 0 Å². The molecule has 0 atom stereocenters. The molecule has 0 aromatic carbocycles. The molecular formula is C19H39NO4. The third-order valence-corrected chi connectivity index (χ3v) is 3.53. The van der Waals surface area contributed by atoms with E-state index in [-0.39, 0.29) is 18.6 Å². The van der Waals surface area contributed by atoms with Crippen molar-refractivity contribution in [1.29, 1.82) is 0 Å². The molecule has 0 spiro atoms. The Hall–Kier alpha value is -1.10. The van der Waals surface area contributed by atoms with Gasteiger partial charge in [-0.1, -0.05) is 71.1 Å². The average Bonchev–Trinajstić information content (AvgIpc) is 2.52. The van der Waals surface area contributed by atoms with Crippen LogP contribution in [-0.4, -0.2) is 29.7 Å². The molecule has 0 saturated heterocycles. The van der Waals surface area contributed by atoms with E-state index in [2.05, 4.69) is 12.7 Å². The first kappa shape index (κ1) is 25.1. The van der Waals surface area contributed by atoms with Gasteiger partial charge in [-0.2, -0.15) is 0 Å². The largest absolute Gasteiger partial charge is 0.480 e. The molecule has 0 unspecified atom stereocenters.